The molecule has 2 N–H and O–H groups in total. The van der Waals surface area contributed by atoms with Gasteiger partial charge in [0.15, 0.2) is 0 Å². The van der Waals surface area contributed by atoms with E-state index in [0.29, 0.717) is 11.1 Å². The first kappa shape index (κ1) is 17.8. The predicted octanol–water partition coefficient (Wildman–Crippen LogP) is 2.80. The lowest BCUT2D eigenvalue weighted by Gasteiger charge is -2.24. The molecule has 0 heterocycles. The van der Waals surface area contributed by atoms with E-state index in [1.54, 1.807) is 0 Å². The zero-order valence-corrected chi connectivity index (χ0v) is 14.3. The molecule has 0 spiro atoms. The Balaban J connectivity index is 2.86. The van der Waals surface area contributed by atoms with Crippen molar-refractivity contribution in [1.29, 1.82) is 0 Å². The molecule has 118 valence electrons. The number of likely N-dealkylation sites (N-methyl/N-ethyl adjacent to an activating group) is 1. The average molecular weight is 312 g/mol. The molecule has 0 radical (unpaired) electrons. The summed E-state index contributed by atoms with van der Waals surface area (Å²) in [6.07, 6.45) is 0. The molecule has 5 heteroatoms. The van der Waals surface area contributed by atoms with E-state index in [0.717, 1.165) is 17.8 Å². The van der Waals surface area contributed by atoms with Crippen LogP contribution in [0.15, 0.2) is 18.2 Å². The number of carbonyl (C=O) groups is 1. The maximum absolute atomic E-state index is 11.9. The van der Waals surface area contributed by atoms with Gasteiger partial charge in [0.1, 0.15) is 0 Å². The molecule has 21 heavy (non-hydrogen) atoms. The Morgan fingerprint density at radius 1 is 1.24 bits per heavy atom. The van der Waals surface area contributed by atoms with Gasteiger partial charge in [0.25, 0.3) is 0 Å². The summed E-state index contributed by atoms with van der Waals surface area (Å²) < 4.78 is 0. The van der Waals surface area contributed by atoms with Crippen molar-refractivity contribution in [1.82, 2.24) is 10.6 Å². The van der Waals surface area contributed by atoms with Gasteiger partial charge in [-0.3, -0.25) is 4.79 Å². The van der Waals surface area contributed by atoms with Crippen LogP contribution in [0.3, 0.4) is 0 Å². The molecule has 0 aliphatic heterocycles. The van der Waals surface area contributed by atoms with Crippen LogP contribution in [-0.4, -0.2) is 31.6 Å². The van der Waals surface area contributed by atoms with Gasteiger partial charge in [0.2, 0.25) is 5.91 Å². The monoisotopic (exact) mass is 311 g/mol. The molecule has 0 saturated carbocycles. The summed E-state index contributed by atoms with van der Waals surface area (Å²) in [5, 5.41) is 6.94. The van der Waals surface area contributed by atoms with Crippen molar-refractivity contribution in [3.05, 3.63) is 28.8 Å². The molecule has 0 aromatic heterocycles. The maximum Gasteiger partial charge on any atom is 0.239 e. The summed E-state index contributed by atoms with van der Waals surface area (Å²) >= 11 is 6.33. The lowest BCUT2D eigenvalue weighted by Crippen LogP contribution is -2.39. The highest BCUT2D eigenvalue weighted by Gasteiger charge is 2.15. The van der Waals surface area contributed by atoms with Gasteiger partial charge in [0.05, 0.1) is 17.3 Å². The van der Waals surface area contributed by atoms with Gasteiger partial charge in [-0.1, -0.05) is 37.6 Å². The standard InChI is InChI=1S/C16H26ClN3O/c1-11(2)18-9-13-7-6-8-14(17)16(13)20(5)10-15(21)19-12(3)4/h6-8,11-12,18H,9-10H2,1-5H3,(H,19,21). The molecule has 1 rings (SSSR count). The zero-order chi connectivity index (χ0) is 16.0. The van der Waals surface area contributed by atoms with Crippen molar-refractivity contribution in [2.24, 2.45) is 0 Å². The molecule has 1 aromatic carbocycles. The van der Waals surface area contributed by atoms with E-state index in [4.69, 9.17) is 11.6 Å². The SMILES string of the molecule is CC(C)NCc1cccc(Cl)c1N(C)CC(=O)NC(C)C. The number of nitrogens with one attached hydrogen (secondary N) is 2. The predicted molar refractivity (Wildman–Crippen MR) is 90.0 cm³/mol. The third-order valence-electron chi connectivity index (χ3n) is 2.98. The van der Waals surface area contributed by atoms with Crippen LogP contribution in [0.4, 0.5) is 5.69 Å². The summed E-state index contributed by atoms with van der Waals surface area (Å²) in [7, 11) is 1.89. The van der Waals surface area contributed by atoms with Crippen LogP contribution in [0.2, 0.25) is 5.02 Å². The molecule has 1 aromatic rings. The molecule has 0 aliphatic carbocycles. The molecule has 0 aliphatic rings. The molecular weight excluding hydrogens is 286 g/mol. The van der Waals surface area contributed by atoms with Crippen LogP contribution in [0.5, 0.6) is 0 Å². The number of halogens is 1. The van der Waals surface area contributed by atoms with Crippen LogP contribution in [0.1, 0.15) is 33.3 Å². The Hall–Kier alpha value is -1.26. The minimum Gasteiger partial charge on any atom is -0.364 e. The third kappa shape index (κ3) is 5.94. The fourth-order valence-electron chi connectivity index (χ4n) is 2.11. The van der Waals surface area contributed by atoms with E-state index >= 15 is 0 Å². The Morgan fingerprint density at radius 3 is 2.48 bits per heavy atom. The van der Waals surface area contributed by atoms with E-state index in [2.05, 4.69) is 24.5 Å². The van der Waals surface area contributed by atoms with Crippen LogP contribution < -0.4 is 15.5 Å². The van der Waals surface area contributed by atoms with E-state index < -0.39 is 0 Å². The summed E-state index contributed by atoms with van der Waals surface area (Å²) in [6, 6.07) is 6.36. The average Bonchev–Trinajstić information content (AvgIpc) is 2.34. The minimum atomic E-state index is -0.00446. The largest absolute Gasteiger partial charge is 0.364 e. The zero-order valence-electron chi connectivity index (χ0n) is 13.5. The highest BCUT2D eigenvalue weighted by atomic mass is 35.5. The van der Waals surface area contributed by atoms with Gasteiger partial charge in [-0.15, -0.1) is 0 Å². The number of benzene rings is 1. The topological polar surface area (TPSA) is 44.4 Å². The second-order valence-electron chi connectivity index (χ2n) is 5.86. The summed E-state index contributed by atoms with van der Waals surface area (Å²) in [5.74, 6) is -0.00446. The Kier molecular flexibility index (Phi) is 6.99. The van der Waals surface area contributed by atoms with Gasteiger partial charge in [-0.05, 0) is 25.5 Å². The third-order valence-corrected chi connectivity index (χ3v) is 3.29. The first-order chi connectivity index (χ1) is 9.81. The second kappa shape index (κ2) is 8.25. The maximum atomic E-state index is 11.9. The van der Waals surface area contributed by atoms with E-state index in [1.807, 2.05) is 44.0 Å². The smallest absolute Gasteiger partial charge is 0.239 e. The Morgan fingerprint density at radius 2 is 1.90 bits per heavy atom. The van der Waals surface area contributed by atoms with Crippen molar-refractivity contribution in [3.63, 3.8) is 0 Å². The fraction of sp³-hybridized carbons (Fsp3) is 0.562. The van der Waals surface area contributed by atoms with Gasteiger partial charge >= 0.3 is 0 Å². The van der Waals surface area contributed by atoms with Crippen molar-refractivity contribution < 1.29 is 4.79 Å². The molecule has 0 fully saturated rings. The van der Waals surface area contributed by atoms with E-state index in [1.165, 1.54) is 0 Å². The molecular formula is C16H26ClN3O. The number of rotatable bonds is 7. The highest BCUT2D eigenvalue weighted by Crippen LogP contribution is 2.29. The Labute approximate surface area is 132 Å². The van der Waals surface area contributed by atoms with Crippen molar-refractivity contribution in [2.75, 3.05) is 18.5 Å². The summed E-state index contributed by atoms with van der Waals surface area (Å²) in [6.45, 7) is 9.12. The number of nitrogens with zero attached hydrogens (tertiary/aromatic N) is 1. The number of hydrogen-bond acceptors (Lipinski definition) is 3. The lowest BCUT2D eigenvalue weighted by molar-refractivity contribution is -0.120. The van der Waals surface area contributed by atoms with Crippen LogP contribution >= 0.6 is 11.6 Å². The first-order valence-corrected chi connectivity index (χ1v) is 7.70. The summed E-state index contributed by atoms with van der Waals surface area (Å²) in [4.78, 5) is 13.8. The second-order valence-corrected chi connectivity index (χ2v) is 6.27. The molecule has 0 unspecified atom stereocenters. The number of carbonyl (C=O) groups excluding carboxylic acids is 1. The van der Waals surface area contributed by atoms with Crippen LogP contribution in [0.25, 0.3) is 0 Å². The summed E-state index contributed by atoms with van der Waals surface area (Å²) in [5.41, 5.74) is 2.00. The Bertz CT molecular complexity index is 475. The van der Waals surface area contributed by atoms with Crippen molar-refractivity contribution >= 4 is 23.2 Å². The van der Waals surface area contributed by atoms with Crippen molar-refractivity contribution in [3.8, 4) is 0 Å². The molecule has 4 nitrogen and oxygen atoms in total. The van der Waals surface area contributed by atoms with Gasteiger partial charge in [0, 0.05) is 25.7 Å². The van der Waals surface area contributed by atoms with E-state index in [9.17, 15) is 4.79 Å². The van der Waals surface area contributed by atoms with Crippen LogP contribution in [-0.2, 0) is 11.3 Å². The molecule has 0 atom stereocenters. The normalized spacial score (nSPS) is 11.0. The van der Waals surface area contributed by atoms with Gasteiger partial charge in [-0.2, -0.15) is 0 Å². The number of amides is 1. The molecule has 0 bridgehead atoms. The van der Waals surface area contributed by atoms with Crippen molar-refractivity contribution in [2.45, 2.75) is 46.3 Å². The highest BCUT2D eigenvalue weighted by molar-refractivity contribution is 6.33. The first-order valence-electron chi connectivity index (χ1n) is 7.32. The van der Waals surface area contributed by atoms with Crippen LogP contribution in [0, 0.1) is 0 Å². The number of anilines is 1. The fourth-order valence-corrected chi connectivity index (χ4v) is 2.44. The minimum absolute atomic E-state index is 0.00446. The van der Waals surface area contributed by atoms with E-state index in [-0.39, 0.29) is 18.5 Å². The van der Waals surface area contributed by atoms with Gasteiger partial charge in [-0.25, -0.2) is 0 Å². The lowest BCUT2D eigenvalue weighted by atomic mass is 10.1. The van der Waals surface area contributed by atoms with Gasteiger partial charge < -0.3 is 15.5 Å². The molecule has 1 amide bonds. The number of hydrogen-bond donors (Lipinski definition) is 2. The number of para-hydroxylation sites is 1. The quantitative estimate of drug-likeness (QED) is 0.814. The molecule has 0 saturated heterocycles.